The summed E-state index contributed by atoms with van der Waals surface area (Å²) in [4.78, 5) is 16.6. The second kappa shape index (κ2) is 7.25. The number of aliphatic imine (C=N–C) groups is 1. The van der Waals surface area contributed by atoms with E-state index >= 15 is 0 Å². The number of carbonyl (C=O) groups excluding carboxylic acids is 1. The lowest BCUT2D eigenvalue weighted by Gasteiger charge is -2.06. The third kappa shape index (κ3) is 4.26. The molecule has 0 saturated carbocycles. The number of halogens is 3. The molecule has 8 heteroatoms. The lowest BCUT2D eigenvalue weighted by molar-refractivity contribution is -0.137. The second-order valence-corrected chi connectivity index (χ2v) is 6.34. The standard InChI is InChI=1S/C18H13F3N2O2S/c1-25-14-7-2-4-11(8-14)9-15-16(24)23-17(26-15)22-13-6-3-5-12(10-13)18(19,20)21/h2-10H,1H3,(H,22,23,24)/b15-9+. The molecule has 3 rings (SSSR count). The van der Waals surface area contributed by atoms with Gasteiger partial charge in [0.05, 0.1) is 23.3 Å². The van der Waals surface area contributed by atoms with E-state index in [-0.39, 0.29) is 16.8 Å². The van der Waals surface area contributed by atoms with Crippen molar-refractivity contribution in [1.82, 2.24) is 5.32 Å². The summed E-state index contributed by atoms with van der Waals surface area (Å²) in [5.74, 6) is 0.296. The van der Waals surface area contributed by atoms with E-state index < -0.39 is 11.7 Å². The van der Waals surface area contributed by atoms with E-state index in [2.05, 4.69) is 10.3 Å². The SMILES string of the molecule is COc1cccc(/C=C2/SC(=Nc3cccc(C(F)(F)F)c3)NC2=O)c1. The van der Waals surface area contributed by atoms with E-state index in [1.807, 2.05) is 6.07 Å². The molecular formula is C18H13F3N2O2S. The van der Waals surface area contributed by atoms with E-state index in [1.54, 1.807) is 31.4 Å². The maximum absolute atomic E-state index is 12.8. The van der Waals surface area contributed by atoms with Crippen LogP contribution >= 0.6 is 11.8 Å². The number of methoxy groups -OCH3 is 1. The Hall–Kier alpha value is -2.74. The molecule has 1 saturated heterocycles. The fourth-order valence-corrected chi connectivity index (χ4v) is 3.07. The molecule has 0 unspecified atom stereocenters. The van der Waals surface area contributed by atoms with Crippen LogP contribution in [0, 0.1) is 0 Å². The molecule has 134 valence electrons. The Balaban J connectivity index is 1.83. The minimum absolute atomic E-state index is 0.116. The van der Waals surface area contributed by atoms with Gasteiger partial charge < -0.3 is 10.1 Å². The molecule has 0 aromatic heterocycles. The number of rotatable bonds is 3. The predicted molar refractivity (Wildman–Crippen MR) is 95.2 cm³/mol. The Bertz CT molecular complexity index is 907. The van der Waals surface area contributed by atoms with Crippen molar-refractivity contribution >= 4 is 34.6 Å². The summed E-state index contributed by atoms with van der Waals surface area (Å²) in [7, 11) is 1.54. The minimum Gasteiger partial charge on any atom is -0.497 e. The molecule has 1 aliphatic rings. The maximum Gasteiger partial charge on any atom is 0.416 e. The number of amidine groups is 1. The molecule has 4 nitrogen and oxygen atoms in total. The average molecular weight is 378 g/mol. The summed E-state index contributed by atoms with van der Waals surface area (Å²) in [6.45, 7) is 0. The first-order valence-corrected chi connectivity index (χ1v) is 8.28. The monoisotopic (exact) mass is 378 g/mol. The molecule has 1 heterocycles. The summed E-state index contributed by atoms with van der Waals surface area (Å²) in [5, 5.41) is 2.78. The molecule has 2 aromatic rings. The first kappa shape index (κ1) is 18.1. The highest BCUT2D eigenvalue weighted by Crippen LogP contribution is 2.33. The number of hydrogen-bond acceptors (Lipinski definition) is 4. The molecule has 0 spiro atoms. The van der Waals surface area contributed by atoms with Gasteiger partial charge in [0.15, 0.2) is 5.17 Å². The molecule has 1 aliphatic heterocycles. The Morgan fingerprint density at radius 1 is 1.15 bits per heavy atom. The lowest BCUT2D eigenvalue weighted by Crippen LogP contribution is -2.19. The third-order valence-electron chi connectivity index (χ3n) is 3.45. The van der Waals surface area contributed by atoms with Crippen molar-refractivity contribution in [3.8, 4) is 5.75 Å². The van der Waals surface area contributed by atoms with Gasteiger partial charge in [0.25, 0.3) is 5.91 Å². The summed E-state index contributed by atoms with van der Waals surface area (Å²) in [6, 6.07) is 11.8. The molecular weight excluding hydrogens is 365 g/mol. The zero-order valence-electron chi connectivity index (χ0n) is 13.5. The molecule has 1 fully saturated rings. The van der Waals surface area contributed by atoms with Crippen LogP contribution in [0.4, 0.5) is 18.9 Å². The highest BCUT2D eigenvalue weighted by atomic mass is 32.2. The largest absolute Gasteiger partial charge is 0.497 e. The van der Waals surface area contributed by atoms with Crippen LogP contribution in [0.2, 0.25) is 0 Å². The fraction of sp³-hybridized carbons (Fsp3) is 0.111. The topological polar surface area (TPSA) is 50.7 Å². The Labute approximate surface area is 151 Å². The summed E-state index contributed by atoms with van der Waals surface area (Å²) < 4.78 is 43.4. The smallest absolute Gasteiger partial charge is 0.416 e. The van der Waals surface area contributed by atoms with Crippen LogP contribution in [0.15, 0.2) is 58.4 Å². The number of hydrogen-bond donors (Lipinski definition) is 1. The highest BCUT2D eigenvalue weighted by Gasteiger charge is 2.30. The van der Waals surface area contributed by atoms with E-state index in [9.17, 15) is 18.0 Å². The maximum atomic E-state index is 12.8. The summed E-state index contributed by atoms with van der Waals surface area (Å²) in [5.41, 5.74) is 0.0911. The third-order valence-corrected chi connectivity index (χ3v) is 4.36. The zero-order valence-corrected chi connectivity index (χ0v) is 14.3. The van der Waals surface area contributed by atoms with E-state index in [4.69, 9.17) is 4.74 Å². The van der Waals surface area contributed by atoms with E-state index in [0.717, 1.165) is 29.5 Å². The van der Waals surface area contributed by atoms with Crippen LogP contribution in [0.25, 0.3) is 6.08 Å². The number of nitrogens with zero attached hydrogens (tertiary/aromatic N) is 1. The quantitative estimate of drug-likeness (QED) is 0.794. The van der Waals surface area contributed by atoms with Crippen molar-refractivity contribution in [2.75, 3.05) is 7.11 Å². The number of nitrogens with one attached hydrogen (secondary N) is 1. The molecule has 0 atom stereocenters. The van der Waals surface area contributed by atoms with Gasteiger partial charge in [-0.1, -0.05) is 18.2 Å². The number of benzene rings is 2. The van der Waals surface area contributed by atoms with Crippen molar-refractivity contribution in [2.24, 2.45) is 4.99 Å². The van der Waals surface area contributed by atoms with Crippen molar-refractivity contribution in [2.45, 2.75) is 6.18 Å². The van der Waals surface area contributed by atoms with E-state index in [1.165, 1.54) is 12.1 Å². The normalized spacial score (nSPS) is 17.6. The molecule has 1 N–H and O–H groups in total. The number of ether oxygens (including phenoxy) is 1. The van der Waals surface area contributed by atoms with Crippen molar-refractivity contribution < 1.29 is 22.7 Å². The van der Waals surface area contributed by atoms with Gasteiger partial charge >= 0.3 is 6.18 Å². The zero-order chi connectivity index (χ0) is 18.7. The van der Waals surface area contributed by atoms with Crippen LogP contribution in [-0.4, -0.2) is 18.2 Å². The van der Waals surface area contributed by atoms with Gasteiger partial charge in [0, 0.05) is 0 Å². The van der Waals surface area contributed by atoms with Crippen LogP contribution < -0.4 is 10.1 Å². The van der Waals surface area contributed by atoms with Gasteiger partial charge in [-0.2, -0.15) is 13.2 Å². The average Bonchev–Trinajstić information content (AvgIpc) is 2.93. The van der Waals surface area contributed by atoms with Crippen LogP contribution in [0.1, 0.15) is 11.1 Å². The number of alkyl halides is 3. The van der Waals surface area contributed by atoms with Crippen molar-refractivity contribution in [1.29, 1.82) is 0 Å². The Kier molecular flexibility index (Phi) is 5.03. The van der Waals surface area contributed by atoms with Crippen molar-refractivity contribution in [3.05, 3.63) is 64.6 Å². The lowest BCUT2D eigenvalue weighted by atomic mass is 10.2. The molecule has 26 heavy (non-hydrogen) atoms. The Morgan fingerprint density at radius 2 is 1.92 bits per heavy atom. The first-order chi connectivity index (χ1) is 12.3. The number of amides is 1. The van der Waals surface area contributed by atoms with Crippen LogP contribution in [0.5, 0.6) is 5.75 Å². The first-order valence-electron chi connectivity index (χ1n) is 7.46. The Morgan fingerprint density at radius 3 is 2.65 bits per heavy atom. The fourth-order valence-electron chi connectivity index (χ4n) is 2.23. The van der Waals surface area contributed by atoms with Gasteiger partial charge in [0.2, 0.25) is 0 Å². The van der Waals surface area contributed by atoms with Gasteiger partial charge in [-0.15, -0.1) is 0 Å². The number of thioether (sulfide) groups is 1. The van der Waals surface area contributed by atoms with Gasteiger partial charge in [-0.25, -0.2) is 4.99 Å². The van der Waals surface area contributed by atoms with Crippen LogP contribution in [-0.2, 0) is 11.0 Å². The molecule has 0 bridgehead atoms. The van der Waals surface area contributed by atoms with Gasteiger partial charge in [-0.05, 0) is 53.7 Å². The van der Waals surface area contributed by atoms with Crippen molar-refractivity contribution in [3.63, 3.8) is 0 Å². The molecule has 2 aromatic carbocycles. The molecule has 0 aliphatic carbocycles. The second-order valence-electron chi connectivity index (χ2n) is 5.31. The van der Waals surface area contributed by atoms with Gasteiger partial charge in [-0.3, -0.25) is 4.79 Å². The summed E-state index contributed by atoms with van der Waals surface area (Å²) in [6.07, 6.45) is -2.78. The van der Waals surface area contributed by atoms with E-state index in [0.29, 0.717) is 10.7 Å². The van der Waals surface area contributed by atoms with Crippen LogP contribution in [0.3, 0.4) is 0 Å². The minimum atomic E-state index is -4.44. The predicted octanol–water partition coefficient (Wildman–Crippen LogP) is 4.61. The molecule has 1 amide bonds. The molecule has 0 radical (unpaired) electrons. The number of carbonyl (C=O) groups is 1. The summed E-state index contributed by atoms with van der Waals surface area (Å²) >= 11 is 1.06. The van der Waals surface area contributed by atoms with Gasteiger partial charge in [0.1, 0.15) is 5.75 Å². The highest BCUT2D eigenvalue weighted by molar-refractivity contribution is 8.18.